The van der Waals surface area contributed by atoms with Gasteiger partial charge in [0.25, 0.3) is 10.0 Å². The fourth-order valence-corrected chi connectivity index (χ4v) is 4.91. The summed E-state index contributed by atoms with van der Waals surface area (Å²) in [7, 11) is -2.15. The number of anilines is 1. The Morgan fingerprint density at radius 1 is 1.07 bits per heavy atom. The smallest absolute Gasteiger partial charge is 0.272 e. The first-order valence-corrected chi connectivity index (χ1v) is 10.6. The van der Waals surface area contributed by atoms with Gasteiger partial charge >= 0.3 is 0 Å². The number of rotatable bonds is 6. The van der Waals surface area contributed by atoms with Crippen LogP contribution in [0.25, 0.3) is 10.9 Å². The van der Waals surface area contributed by atoms with Crippen LogP contribution in [0.5, 0.6) is 5.75 Å². The summed E-state index contributed by atoms with van der Waals surface area (Å²) in [6.45, 7) is 0.519. The van der Waals surface area contributed by atoms with E-state index in [1.807, 2.05) is 42.5 Å². The van der Waals surface area contributed by atoms with Gasteiger partial charge in [0.15, 0.2) is 5.82 Å². The molecular weight excluding hydrogens is 382 g/mol. The second kappa shape index (κ2) is 7.05. The first-order chi connectivity index (χ1) is 13.1. The number of fused-ring (bicyclic) bond motifs is 1. The maximum Gasteiger partial charge on any atom is 0.272 e. The summed E-state index contributed by atoms with van der Waals surface area (Å²) in [4.78, 5) is 0. The van der Waals surface area contributed by atoms with Crippen LogP contribution < -0.4 is 9.46 Å². The van der Waals surface area contributed by atoms with Crippen LogP contribution in [0.15, 0.2) is 70.3 Å². The number of aromatic nitrogens is 2. The van der Waals surface area contributed by atoms with Crippen molar-refractivity contribution in [3.8, 4) is 5.75 Å². The zero-order valence-electron chi connectivity index (χ0n) is 14.5. The quantitative estimate of drug-likeness (QED) is 0.533. The van der Waals surface area contributed by atoms with Gasteiger partial charge in [-0.05, 0) is 29.1 Å². The Hall–Kier alpha value is -2.84. The zero-order chi connectivity index (χ0) is 18.9. The van der Waals surface area contributed by atoms with Gasteiger partial charge in [-0.1, -0.05) is 42.5 Å². The lowest BCUT2D eigenvalue weighted by molar-refractivity contribution is 0.420. The van der Waals surface area contributed by atoms with Crippen molar-refractivity contribution in [2.75, 3.05) is 11.8 Å². The van der Waals surface area contributed by atoms with Crippen LogP contribution >= 0.6 is 11.3 Å². The minimum absolute atomic E-state index is 0.239. The Kier molecular flexibility index (Phi) is 4.59. The minimum atomic E-state index is -3.71. The van der Waals surface area contributed by atoms with E-state index < -0.39 is 10.0 Å². The highest BCUT2D eigenvalue weighted by Crippen LogP contribution is 2.34. The molecule has 8 heteroatoms. The van der Waals surface area contributed by atoms with E-state index in [2.05, 4.69) is 9.82 Å². The zero-order valence-corrected chi connectivity index (χ0v) is 16.1. The van der Waals surface area contributed by atoms with Crippen LogP contribution in [0.2, 0.25) is 0 Å². The molecule has 0 unspecified atom stereocenters. The van der Waals surface area contributed by atoms with Gasteiger partial charge in [-0.3, -0.25) is 9.40 Å². The molecule has 138 valence electrons. The van der Waals surface area contributed by atoms with E-state index >= 15 is 0 Å². The molecule has 0 amide bonds. The molecule has 0 spiro atoms. The summed E-state index contributed by atoms with van der Waals surface area (Å²) in [6, 6.07) is 18.7. The Bertz CT molecular complexity index is 1170. The Morgan fingerprint density at radius 3 is 2.59 bits per heavy atom. The highest BCUT2D eigenvalue weighted by Gasteiger charge is 2.22. The Balaban J connectivity index is 1.82. The molecule has 6 nitrogen and oxygen atoms in total. The first kappa shape index (κ1) is 17.6. The van der Waals surface area contributed by atoms with Gasteiger partial charge in [-0.25, -0.2) is 8.42 Å². The van der Waals surface area contributed by atoms with E-state index in [9.17, 15) is 8.42 Å². The van der Waals surface area contributed by atoms with E-state index in [0.29, 0.717) is 17.7 Å². The molecule has 0 aliphatic carbocycles. The lowest BCUT2D eigenvalue weighted by Gasteiger charge is -2.06. The molecule has 27 heavy (non-hydrogen) atoms. The molecule has 1 N–H and O–H groups in total. The summed E-state index contributed by atoms with van der Waals surface area (Å²) < 4.78 is 35.4. The monoisotopic (exact) mass is 399 g/mol. The van der Waals surface area contributed by atoms with Gasteiger partial charge in [0, 0.05) is 0 Å². The number of nitrogens with one attached hydrogen (secondary N) is 1. The minimum Gasteiger partial charge on any atom is -0.496 e. The molecule has 0 aliphatic heterocycles. The van der Waals surface area contributed by atoms with Crippen molar-refractivity contribution in [3.05, 3.63) is 71.6 Å². The maximum atomic E-state index is 12.7. The van der Waals surface area contributed by atoms with E-state index in [-0.39, 0.29) is 10.0 Å². The lowest BCUT2D eigenvalue weighted by atomic mass is 10.2. The number of thiophene rings is 1. The normalized spacial score (nSPS) is 11.6. The molecule has 0 fully saturated rings. The van der Waals surface area contributed by atoms with Gasteiger partial charge in [0.1, 0.15) is 9.96 Å². The molecular formula is C19H17N3O3S2. The van der Waals surface area contributed by atoms with Crippen LogP contribution in [0.1, 0.15) is 5.56 Å². The van der Waals surface area contributed by atoms with E-state index in [1.54, 1.807) is 35.4 Å². The molecule has 0 saturated heterocycles. The fraction of sp³-hybridized carbons (Fsp3) is 0.105. The molecule has 2 heterocycles. The summed E-state index contributed by atoms with van der Waals surface area (Å²) in [6.07, 6.45) is 0. The predicted octanol–water partition coefficient (Wildman–Crippen LogP) is 3.96. The molecule has 0 bridgehead atoms. The molecule has 2 aromatic heterocycles. The van der Waals surface area contributed by atoms with Gasteiger partial charge in [0.2, 0.25) is 0 Å². The number of hydrogen-bond acceptors (Lipinski definition) is 5. The van der Waals surface area contributed by atoms with Crippen molar-refractivity contribution in [2.45, 2.75) is 10.8 Å². The van der Waals surface area contributed by atoms with Gasteiger partial charge in [-0.15, -0.1) is 11.3 Å². The van der Waals surface area contributed by atoms with Crippen molar-refractivity contribution in [2.24, 2.45) is 0 Å². The standard InChI is InChI=1S/C19H17N3O3S2/c1-25-16-10-5-9-15-18(16)19(21-27(23,24)17-11-6-12-26-17)20-22(15)13-14-7-3-2-4-8-14/h2-12H,13H2,1H3,(H,20,21). The molecule has 0 saturated carbocycles. The third kappa shape index (κ3) is 3.41. The number of benzene rings is 2. The van der Waals surface area contributed by atoms with Crippen molar-refractivity contribution in [1.29, 1.82) is 0 Å². The van der Waals surface area contributed by atoms with Crippen LogP contribution in [0.4, 0.5) is 5.82 Å². The second-order valence-corrected chi connectivity index (χ2v) is 8.74. The summed E-state index contributed by atoms with van der Waals surface area (Å²) in [5.41, 5.74) is 1.86. The largest absolute Gasteiger partial charge is 0.496 e. The molecule has 2 aromatic carbocycles. The average molecular weight is 399 g/mol. The lowest BCUT2D eigenvalue weighted by Crippen LogP contribution is -2.12. The number of ether oxygens (including phenoxy) is 1. The van der Waals surface area contributed by atoms with E-state index in [0.717, 1.165) is 22.4 Å². The highest BCUT2D eigenvalue weighted by molar-refractivity contribution is 7.94. The van der Waals surface area contributed by atoms with Crippen molar-refractivity contribution in [3.63, 3.8) is 0 Å². The molecule has 4 rings (SSSR count). The topological polar surface area (TPSA) is 73.2 Å². The summed E-state index contributed by atoms with van der Waals surface area (Å²) in [5, 5.41) is 6.90. The number of hydrogen-bond donors (Lipinski definition) is 1. The van der Waals surface area contributed by atoms with E-state index in [4.69, 9.17) is 4.74 Å². The number of methoxy groups -OCH3 is 1. The Labute approximate surface area is 161 Å². The van der Waals surface area contributed by atoms with E-state index in [1.165, 1.54) is 0 Å². The van der Waals surface area contributed by atoms with Gasteiger partial charge < -0.3 is 4.74 Å². The van der Waals surface area contributed by atoms with Crippen molar-refractivity contribution < 1.29 is 13.2 Å². The van der Waals surface area contributed by atoms with Crippen LogP contribution in [0, 0.1) is 0 Å². The van der Waals surface area contributed by atoms with Crippen LogP contribution in [0.3, 0.4) is 0 Å². The highest BCUT2D eigenvalue weighted by atomic mass is 32.2. The fourth-order valence-electron chi connectivity index (χ4n) is 2.91. The summed E-state index contributed by atoms with van der Waals surface area (Å²) in [5.74, 6) is 0.822. The van der Waals surface area contributed by atoms with Crippen LogP contribution in [-0.4, -0.2) is 25.3 Å². The third-order valence-corrected chi connectivity index (χ3v) is 6.86. The first-order valence-electron chi connectivity index (χ1n) is 8.22. The third-order valence-electron chi connectivity index (χ3n) is 4.13. The molecule has 0 atom stereocenters. The Morgan fingerprint density at radius 2 is 1.89 bits per heavy atom. The molecule has 0 aliphatic rings. The maximum absolute atomic E-state index is 12.7. The molecule has 0 radical (unpaired) electrons. The molecule has 4 aromatic rings. The van der Waals surface area contributed by atoms with Crippen molar-refractivity contribution >= 4 is 38.1 Å². The number of sulfonamides is 1. The van der Waals surface area contributed by atoms with Crippen LogP contribution in [-0.2, 0) is 16.6 Å². The number of nitrogens with zero attached hydrogens (tertiary/aromatic N) is 2. The predicted molar refractivity (Wildman–Crippen MR) is 107 cm³/mol. The van der Waals surface area contributed by atoms with Gasteiger partial charge in [-0.2, -0.15) is 5.10 Å². The van der Waals surface area contributed by atoms with Crippen molar-refractivity contribution in [1.82, 2.24) is 9.78 Å². The van der Waals surface area contributed by atoms with Gasteiger partial charge in [0.05, 0.1) is 24.6 Å². The SMILES string of the molecule is COc1cccc2c1c(NS(=O)(=O)c1cccs1)nn2Cc1ccccc1. The average Bonchev–Trinajstić information content (AvgIpc) is 3.32. The second-order valence-electron chi connectivity index (χ2n) is 5.88. The summed E-state index contributed by atoms with van der Waals surface area (Å²) >= 11 is 1.16.